The summed E-state index contributed by atoms with van der Waals surface area (Å²) in [6, 6.07) is 7.42. The molecule has 110 valence electrons. The Balaban J connectivity index is 2.21. The highest BCUT2D eigenvalue weighted by Gasteiger charge is 2.10. The maximum absolute atomic E-state index is 12.0. The first kappa shape index (κ1) is 14.8. The third-order valence-electron chi connectivity index (χ3n) is 2.49. The van der Waals surface area contributed by atoms with Crippen LogP contribution in [0.25, 0.3) is 0 Å². The second-order valence-electron chi connectivity index (χ2n) is 4.33. The van der Waals surface area contributed by atoms with Gasteiger partial charge in [-0.15, -0.1) is 0 Å². The largest absolute Gasteiger partial charge is 0.367 e. The predicted octanol–water partition coefficient (Wildman–Crippen LogP) is 0.999. The van der Waals surface area contributed by atoms with Crippen LogP contribution >= 0.6 is 0 Å². The summed E-state index contributed by atoms with van der Waals surface area (Å²) in [5.41, 5.74) is 0.254. The number of sulfonamides is 1. The molecule has 1 aromatic carbocycles. The molecule has 0 saturated carbocycles. The van der Waals surface area contributed by atoms with E-state index in [0.29, 0.717) is 11.4 Å². The zero-order valence-corrected chi connectivity index (χ0v) is 11.9. The molecule has 0 spiro atoms. The molecule has 1 heterocycles. The van der Waals surface area contributed by atoms with Gasteiger partial charge in [-0.25, -0.2) is 8.42 Å². The van der Waals surface area contributed by atoms with Crippen molar-refractivity contribution < 1.29 is 13.2 Å². The number of aromatic amines is 1. The zero-order chi connectivity index (χ0) is 15.5. The molecule has 0 saturated heterocycles. The van der Waals surface area contributed by atoms with Crippen molar-refractivity contribution in [3.63, 3.8) is 0 Å². The second kappa shape index (κ2) is 5.80. The minimum absolute atomic E-state index is 0.0287. The van der Waals surface area contributed by atoms with Gasteiger partial charge in [-0.3, -0.25) is 14.3 Å². The fourth-order valence-corrected chi connectivity index (χ4v) is 2.22. The van der Waals surface area contributed by atoms with E-state index in [9.17, 15) is 18.0 Å². The summed E-state index contributed by atoms with van der Waals surface area (Å²) in [4.78, 5) is 26.2. The Labute approximate surface area is 121 Å². The number of anilines is 2. The molecule has 2 rings (SSSR count). The number of carbonyl (C=O) groups is 1. The van der Waals surface area contributed by atoms with E-state index in [2.05, 4.69) is 15.0 Å². The molecule has 0 unspecified atom stereocenters. The lowest BCUT2D eigenvalue weighted by molar-refractivity contribution is 0.102. The summed E-state index contributed by atoms with van der Waals surface area (Å²) in [5, 5.41) is 2.53. The van der Waals surface area contributed by atoms with Crippen LogP contribution in [0.15, 0.2) is 47.5 Å². The highest BCUT2D eigenvalue weighted by molar-refractivity contribution is 7.92. The SMILES string of the molecule is CS(=O)(=O)Nc1cccc(NC(=O)c2c[nH]ccc2=O)c1. The maximum Gasteiger partial charge on any atom is 0.261 e. The van der Waals surface area contributed by atoms with Crippen LogP contribution in [0.2, 0.25) is 0 Å². The van der Waals surface area contributed by atoms with Crippen molar-refractivity contribution >= 4 is 27.3 Å². The normalized spacial score (nSPS) is 10.9. The molecule has 0 bridgehead atoms. The van der Waals surface area contributed by atoms with Gasteiger partial charge < -0.3 is 10.3 Å². The maximum atomic E-state index is 12.0. The van der Waals surface area contributed by atoms with E-state index in [0.717, 1.165) is 6.26 Å². The quantitative estimate of drug-likeness (QED) is 0.783. The molecule has 1 amide bonds. The Kier molecular flexibility index (Phi) is 4.08. The summed E-state index contributed by atoms with van der Waals surface area (Å²) in [6.07, 6.45) is 3.76. The lowest BCUT2D eigenvalue weighted by Gasteiger charge is -2.08. The summed E-state index contributed by atoms with van der Waals surface area (Å²) >= 11 is 0. The van der Waals surface area contributed by atoms with Crippen molar-refractivity contribution in [2.24, 2.45) is 0 Å². The Morgan fingerprint density at radius 2 is 1.90 bits per heavy atom. The fourth-order valence-electron chi connectivity index (χ4n) is 1.67. The van der Waals surface area contributed by atoms with Gasteiger partial charge in [0.1, 0.15) is 5.56 Å². The molecule has 7 nitrogen and oxygen atoms in total. The Morgan fingerprint density at radius 1 is 1.19 bits per heavy atom. The molecule has 21 heavy (non-hydrogen) atoms. The number of H-pyrrole nitrogens is 1. The molecule has 2 aromatic rings. The van der Waals surface area contributed by atoms with Crippen LogP contribution in [0.1, 0.15) is 10.4 Å². The van der Waals surface area contributed by atoms with Gasteiger partial charge in [0, 0.05) is 24.1 Å². The first-order chi connectivity index (χ1) is 9.85. The van der Waals surface area contributed by atoms with Crippen LogP contribution in [0, 0.1) is 0 Å². The molecule has 8 heteroatoms. The average molecular weight is 307 g/mol. The summed E-state index contributed by atoms with van der Waals surface area (Å²) < 4.78 is 24.6. The van der Waals surface area contributed by atoms with Crippen LogP contribution in [0.5, 0.6) is 0 Å². The highest BCUT2D eigenvalue weighted by atomic mass is 32.2. The number of rotatable bonds is 4. The number of amides is 1. The van der Waals surface area contributed by atoms with Crippen LogP contribution in [0.4, 0.5) is 11.4 Å². The van der Waals surface area contributed by atoms with Crippen molar-refractivity contribution in [2.75, 3.05) is 16.3 Å². The van der Waals surface area contributed by atoms with E-state index < -0.39 is 21.4 Å². The number of aromatic nitrogens is 1. The van der Waals surface area contributed by atoms with Gasteiger partial charge in [-0.1, -0.05) is 6.07 Å². The van der Waals surface area contributed by atoms with Crippen molar-refractivity contribution in [1.82, 2.24) is 4.98 Å². The average Bonchev–Trinajstić information content (AvgIpc) is 2.37. The topological polar surface area (TPSA) is 108 Å². The standard InChI is InChI=1S/C13H13N3O4S/c1-21(19,20)16-10-4-2-3-9(7-10)15-13(18)11-8-14-6-5-12(11)17/h2-8,16H,1H3,(H,14,17)(H,15,18). The van der Waals surface area contributed by atoms with Gasteiger partial charge >= 0.3 is 0 Å². The van der Waals surface area contributed by atoms with Crippen molar-refractivity contribution in [3.05, 3.63) is 58.5 Å². The van der Waals surface area contributed by atoms with Gasteiger partial charge in [0.05, 0.1) is 11.9 Å². The molecule has 0 aliphatic heterocycles. The molecule has 0 radical (unpaired) electrons. The fraction of sp³-hybridized carbons (Fsp3) is 0.0769. The first-order valence-electron chi connectivity index (χ1n) is 5.91. The van der Waals surface area contributed by atoms with Crippen LogP contribution in [-0.2, 0) is 10.0 Å². The van der Waals surface area contributed by atoms with Gasteiger partial charge in [0.15, 0.2) is 5.43 Å². The van der Waals surface area contributed by atoms with Crippen molar-refractivity contribution in [3.8, 4) is 0 Å². The zero-order valence-electron chi connectivity index (χ0n) is 11.1. The molecule has 0 fully saturated rings. The molecule has 1 aromatic heterocycles. The molecule has 3 N–H and O–H groups in total. The van der Waals surface area contributed by atoms with E-state index in [4.69, 9.17) is 0 Å². The van der Waals surface area contributed by atoms with Gasteiger partial charge in [-0.2, -0.15) is 0 Å². The van der Waals surface area contributed by atoms with E-state index in [1.165, 1.54) is 24.5 Å². The third-order valence-corrected chi connectivity index (χ3v) is 3.10. The number of hydrogen-bond acceptors (Lipinski definition) is 4. The number of pyridine rings is 1. The van der Waals surface area contributed by atoms with E-state index >= 15 is 0 Å². The molecule has 0 aliphatic rings. The predicted molar refractivity (Wildman–Crippen MR) is 79.9 cm³/mol. The lowest BCUT2D eigenvalue weighted by Crippen LogP contribution is -2.21. The minimum Gasteiger partial charge on any atom is -0.367 e. The molecular formula is C13H13N3O4S. The minimum atomic E-state index is -3.40. The first-order valence-corrected chi connectivity index (χ1v) is 7.80. The van der Waals surface area contributed by atoms with E-state index in [-0.39, 0.29) is 5.56 Å². The van der Waals surface area contributed by atoms with E-state index in [1.807, 2.05) is 0 Å². The van der Waals surface area contributed by atoms with Crippen molar-refractivity contribution in [2.45, 2.75) is 0 Å². The number of carbonyl (C=O) groups excluding carboxylic acids is 1. The van der Waals surface area contributed by atoms with Crippen LogP contribution in [0.3, 0.4) is 0 Å². The van der Waals surface area contributed by atoms with E-state index in [1.54, 1.807) is 18.2 Å². The highest BCUT2D eigenvalue weighted by Crippen LogP contribution is 2.16. The molecule has 0 atom stereocenters. The third kappa shape index (κ3) is 4.18. The van der Waals surface area contributed by atoms with Crippen molar-refractivity contribution in [1.29, 1.82) is 0 Å². The van der Waals surface area contributed by atoms with Gasteiger partial charge in [0.2, 0.25) is 10.0 Å². The summed E-state index contributed by atoms with van der Waals surface area (Å²) in [7, 11) is -3.40. The lowest BCUT2D eigenvalue weighted by atomic mass is 10.2. The van der Waals surface area contributed by atoms with Gasteiger partial charge in [-0.05, 0) is 18.2 Å². The van der Waals surface area contributed by atoms with Crippen LogP contribution in [-0.4, -0.2) is 25.6 Å². The van der Waals surface area contributed by atoms with Gasteiger partial charge in [0.25, 0.3) is 5.91 Å². The monoisotopic (exact) mass is 307 g/mol. The summed E-state index contributed by atoms with van der Waals surface area (Å²) in [5.74, 6) is -0.576. The summed E-state index contributed by atoms with van der Waals surface area (Å²) in [6.45, 7) is 0. The number of benzene rings is 1. The second-order valence-corrected chi connectivity index (χ2v) is 6.08. The number of hydrogen-bond donors (Lipinski definition) is 3. The Bertz CT molecular complexity index is 827. The Morgan fingerprint density at radius 3 is 2.57 bits per heavy atom. The molecule has 0 aliphatic carbocycles. The smallest absolute Gasteiger partial charge is 0.261 e. The Hall–Kier alpha value is -2.61. The molecular weight excluding hydrogens is 294 g/mol. The van der Waals surface area contributed by atoms with Crippen LogP contribution < -0.4 is 15.5 Å². The number of nitrogens with one attached hydrogen (secondary N) is 3.